The molecule has 1 heterocycles. The lowest BCUT2D eigenvalue weighted by atomic mass is 10.2. The lowest BCUT2D eigenvalue weighted by molar-refractivity contribution is 0.311. The Morgan fingerprint density at radius 3 is 2.73 bits per heavy atom. The fraction of sp³-hybridized carbons (Fsp3) is 0.444. The Balaban J connectivity index is 2.09. The van der Waals surface area contributed by atoms with Crippen LogP contribution in [0.1, 0.15) is 29.3 Å². The number of hydrogen-bond donors (Lipinski definition) is 2. The van der Waals surface area contributed by atoms with E-state index in [9.17, 15) is 0 Å². The molecule has 0 amide bonds. The Morgan fingerprint density at radius 1 is 1.31 bits per heavy atom. The predicted molar refractivity (Wildman–Crippen MR) is 108 cm³/mol. The van der Waals surface area contributed by atoms with E-state index in [1.54, 1.807) is 18.4 Å². The van der Waals surface area contributed by atoms with Crippen LogP contribution in [0.25, 0.3) is 0 Å². The van der Waals surface area contributed by atoms with Crippen molar-refractivity contribution >= 4 is 28.9 Å². The van der Waals surface area contributed by atoms with Crippen LogP contribution in [0.4, 0.5) is 0 Å². The number of benzene rings is 1. The van der Waals surface area contributed by atoms with Crippen LogP contribution in [0.15, 0.2) is 23.3 Å². The van der Waals surface area contributed by atoms with Gasteiger partial charge in [0.05, 0.1) is 31.8 Å². The smallest absolute Gasteiger partial charge is 0.191 e. The zero-order chi connectivity index (χ0) is 18.9. The molecule has 8 heteroatoms. The molecule has 1 aromatic carbocycles. The molecular weight excluding hydrogens is 372 g/mol. The number of aliphatic imine (C=N–C) groups is 1. The summed E-state index contributed by atoms with van der Waals surface area (Å²) in [4.78, 5) is 10.2. The number of thiazole rings is 1. The van der Waals surface area contributed by atoms with Gasteiger partial charge in [-0.15, -0.1) is 11.3 Å². The maximum atomic E-state index is 6.32. The lowest BCUT2D eigenvalue weighted by Gasteiger charge is -2.13. The van der Waals surface area contributed by atoms with Crippen LogP contribution >= 0.6 is 22.9 Å². The topological polar surface area (TPSA) is 67.8 Å². The number of rotatable bonds is 8. The molecule has 2 rings (SSSR count). The summed E-state index contributed by atoms with van der Waals surface area (Å²) in [5.41, 5.74) is 0.942. The summed E-state index contributed by atoms with van der Waals surface area (Å²) in [5, 5.41) is 8.07. The van der Waals surface area contributed by atoms with Crippen molar-refractivity contribution in [2.75, 3.05) is 20.3 Å². The predicted octanol–water partition coefficient (Wildman–Crippen LogP) is 3.77. The minimum Gasteiger partial charge on any atom is -0.493 e. The second-order valence-electron chi connectivity index (χ2n) is 5.46. The zero-order valence-corrected chi connectivity index (χ0v) is 17.1. The molecule has 0 spiro atoms. The third-order valence-electron chi connectivity index (χ3n) is 3.42. The summed E-state index contributed by atoms with van der Waals surface area (Å²) < 4.78 is 10.9. The SMILES string of the molecule is CCNC(=NCc1cc(Cl)c(OCC)c(OC)c1)NCc1ncc(C)s1. The monoisotopic (exact) mass is 396 g/mol. The molecule has 0 aliphatic carbocycles. The van der Waals surface area contributed by atoms with Gasteiger partial charge in [-0.2, -0.15) is 0 Å². The van der Waals surface area contributed by atoms with Crippen LogP contribution in [0.2, 0.25) is 5.02 Å². The van der Waals surface area contributed by atoms with E-state index in [-0.39, 0.29) is 0 Å². The molecule has 0 saturated heterocycles. The van der Waals surface area contributed by atoms with E-state index in [0.717, 1.165) is 23.1 Å². The van der Waals surface area contributed by atoms with Crippen LogP contribution < -0.4 is 20.1 Å². The molecule has 2 N–H and O–H groups in total. The molecule has 0 saturated carbocycles. The molecule has 2 aromatic rings. The first-order valence-electron chi connectivity index (χ1n) is 8.50. The minimum absolute atomic E-state index is 0.467. The molecule has 0 unspecified atom stereocenters. The van der Waals surface area contributed by atoms with E-state index >= 15 is 0 Å². The van der Waals surface area contributed by atoms with Gasteiger partial charge in [-0.05, 0) is 38.5 Å². The van der Waals surface area contributed by atoms with Crippen molar-refractivity contribution in [3.05, 3.63) is 38.8 Å². The highest BCUT2D eigenvalue weighted by molar-refractivity contribution is 7.11. The summed E-state index contributed by atoms with van der Waals surface area (Å²) in [7, 11) is 1.60. The zero-order valence-electron chi connectivity index (χ0n) is 15.6. The van der Waals surface area contributed by atoms with Crippen molar-refractivity contribution in [2.24, 2.45) is 4.99 Å². The Bertz CT molecular complexity index is 749. The third kappa shape index (κ3) is 5.78. The Labute approximate surface area is 163 Å². The van der Waals surface area contributed by atoms with Crippen molar-refractivity contribution in [1.29, 1.82) is 0 Å². The van der Waals surface area contributed by atoms with E-state index in [1.165, 1.54) is 4.88 Å². The number of ether oxygens (including phenoxy) is 2. The fourth-order valence-electron chi connectivity index (χ4n) is 2.30. The van der Waals surface area contributed by atoms with Gasteiger partial charge in [-0.25, -0.2) is 9.98 Å². The first-order chi connectivity index (χ1) is 12.6. The summed E-state index contributed by atoms with van der Waals surface area (Å²) in [6, 6.07) is 3.75. The fourth-order valence-corrected chi connectivity index (χ4v) is 3.32. The second kappa shape index (κ2) is 10.2. The number of aromatic nitrogens is 1. The molecule has 0 radical (unpaired) electrons. The Hall–Kier alpha value is -1.99. The normalized spacial score (nSPS) is 11.3. The highest BCUT2D eigenvalue weighted by Crippen LogP contribution is 2.36. The number of nitrogens with zero attached hydrogens (tertiary/aromatic N) is 2. The van der Waals surface area contributed by atoms with Crippen LogP contribution in [0, 0.1) is 6.92 Å². The molecule has 0 bridgehead atoms. The first-order valence-corrected chi connectivity index (χ1v) is 9.69. The van der Waals surface area contributed by atoms with Crippen LogP contribution in [0.3, 0.4) is 0 Å². The average molecular weight is 397 g/mol. The summed E-state index contributed by atoms with van der Waals surface area (Å²) in [6.45, 7) is 8.39. The first kappa shape index (κ1) is 20.3. The quantitative estimate of drug-likeness (QED) is 0.525. The third-order valence-corrected chi connectivity index (χ3v) is 4.61. The summed E-state index contributed by atoms with van der Waals surface area (Å²) in [5.74, 6) is 1.90. The standard InChI is InChI=1S/C18H25ClN4O2S/c1-5-20-18(23-11-16-21-9-12(3)26-16)22-10-13-7-14(19)17(25-6-2)15(8-13)24-4/h7-9H,5-6,10-11H2,1-4H3,(H2,20,22,23). The number of methoxy groups -OCH3 is 1. The molecule has 142 valence electrons. The van der Waals surface area contributed by atoms with E-state index in [0.29, 0.717) is 36.2 Å². The van der Waals surface area contributed by atoms with Gasteiger partial charge in [0.15, 0.2) is 17.5 Å². The van der Waals surface area contributed by atoms with Crippen LogP contribution in [0.5, 0.6) is 11.5 Å². The maximum Gasteiger partial charge on any atom is 0.191 e. The van der Waals surface area contributed by atoms with Gasteiger partial charge in [0.2, 0.25) is 0 Å². The minimum atomic E-state index is 0.467. The molecule has 26 heavy (non-hydrogen) atoms. The van der Waals surface area contributed by atoms with Crippen LogP contribution in [-0.4, -0.2) is 31.2 Å². The molecule has 0 atom stereocenters. The number of aryl methyl sites for hydroxylation is 1. The highest BCUT2D eigenvalue weighted by Gasteiger charge is 2.11. The van der Waals surface area contributed by atoms with Gasteiger partial charge < -0.3 is 20.1 Å². The van der Waals surface area contributed by atoms with Crippen molar-refractivity contribution in [3.63, 3.8) is 0 Å². The molecule has 0 fully saturated rings. The molecular formula is C18H25ClN4O2S. The Kier molecular flexibility index (Phi) is 8.00. The highest BCUT2D eigenvalue weighted by atomic mass is 35.5. The number of nitrogens with one attached hydrogen (secondary N) is 2. The largest absolute Gasteiger partial charge is 0.493 e. The van der Waals surface area contributed by atoms with E-state index in [4.69, 9.17) is 21.1 Å². The van der Waals surface area contributed by atoms with E-state index in [1.807, 2.05) is 39.1 Å². The van der Waals surface area contributed by atoms with Gasteiger partial charge in [-0.1, -0.05) is 11.6 Å². The van der Waals surface area contributed by atoms with Crippen molar-refractivity contribution in [3.8, 4) is 11.5 Å². The Morgan fingerprint density at radius 2 is 2.12 bits per heavy atom. The molecule has 0 aliphatic rings. The average Bonchev–Trinajstić information content (AvgIpc) is 3.04. The second-order valence-corrected chi connectivity index (χ2v) is 7.18. The van der Waals surface area contributed by atoms with E-state index < -0.39 is 0 Å². The van der Waals surface area contributed by atoms with Gasteiger partial charge in [0.1, 0.15) is 5.01 Å². The summed E-state index contributed by atoms with van der Waals surface area (Å²) in [6.07, 6.45) is 1.87. The number of hydrogen-bond acceptors (Lipinski definition) is 5. The number of halogens is 1. The molecule has 6 nitrogen and oxygen atoms in total. The van der Waals surface area contributed by atoms with Gasteiger partial charge in [0.25, 0.3) is 0 Å². The van der Waals surface area contributed by atoms with Gasteiger partial charge in [0, 0.05) is 17.6 Å². The van der Waals surface area contributed by atoms with Crippen molar-refractivity contribution in [2.45, 2.75) is 33.9 Å². The molecule has 0 aliphatic heterocycles. The van der Waals surface area contributed by atoms with Crippen molar-refractivity contribution in [1.82, 2.24) is 15.6 Å². The van der Waals surface area contributed by atoms with Gasteiger partial charge in [-0.3, -0.25) is 0 Å². The molecule has 1 aromatic heterocycles. The van der Waals surface area contributed by atoms with Crippen LogP contribution in [-0.2, 0) is 13.1 Å². The maximum absolute atomic E-state index is 6.32. The number of guanidine groups is 1. The van der Waals surface area contributed by atoms with Crippen molar-refractivity contribution < 1.29 is 9.47 Å². The lowest BCUT2D eigenvalue weighted by Crippen LogP contribution is -2.36. The van der Waals surface area contributed by atoms with E-state index in [2.05, 4.69) is 20.6 Å². The summed E-state index contributed by atoms with van der Waals surface area (Å²) >= 11 is 7.99. The van der Waals surface area contributed by atoms with Gasteiger partial charge >= 0.3 is 0 Å².